The summed E-state index contributed by atoms with van der Waals surface area (Å²) in [5.74, 6) is 0.375. The molecule has 7 heteroatoms. The molecule has 0 unspecified atom stereocenters. The van der Waals surface area contributed by atoms with E-state index in [-0.39, 0.29) is 23.4 Å². The van der Waals surface area contributed by atoms with E-state index in [1.807, 2.05) is 4.90 Å². The molecule has 1 saturated heterocycles. The molecule has 2 fully saturated rings. The van der Waals surface area contributed by atoms with E-state index in [2.05, 4.69) is 47.3 Å². The maximum absolute atomic E-state index is 13.4. The minimum absolute atomic E-state index is 0.0598. The van der Waals surface area contributed by atoms with Crippen LogP contribution in [-0.4, -0.2) is 43.4 Å². The number of nitrogens with zero attached hydrogens (tertiary/aromatic N) is 4. The predicted octanol–water partition coefficient (Wildman–Crippen LogP) is 3.35. The Morgan fingerprint density at radius 2 is 1.94 bits per heavy atom. The van der Waals surface area contributed by atoms with Gasteiger partial charge in [0.1, 0.15) is 0 Å². The lowest BCUT2D eigenvalue weighted by atomic mass is 9.98. The first-order valence-electron chi connectivity index (χ1n) is 12.3. The Labute approximate surface area is 193 Å². The van der Waals surface area contributed by atoms with E-state index >= 15 is 0 Å². The fourth-order valence-electron chi connectivity index (χ4n) is 5.41. The molecule has 1 amide bonds. The van der Waals surface area contributed by atoms with Crippen LogP contribution in [0.1, 0.15) is 66.2 Å². The van der Waals surface area contributed by atoms with Crippen molar-refractivity contribution in [2.45, 2.75) is 64.6 Å². The molecule has 6 rings (SSSR count). The SMILES string of the molecule is Cc1ccc(CN2CCCC[C@@H]2c2cc3nc4c(c(=O)n3[nH]2)CN(C(=O)C2CC2)CC4)cc1. The molecule has 7 nitrogen and oxygen atoms in total. The number of likely N-dealkylation sites (tertiary alicyclic amines) is 1. The first-order valence-corrected chi connectivity index (χ1v) is 12.3. The fourth-order valence-corrected chi connectivity index (χ4v) is 5.41. The van der Waals surface area contributed by atoms with Crippen LogP contribution in [0.5, 0.6) is 0 Å². The van der Waals surface area contributed by atoms with E-state index in [1.54, 1.807) is 4.52 Å². The average molecular weight is 446 g/mol. The van der Waals surface area contributed by atoms with Crippen molar-refractivity contribution >= 4 is 11.6 Å². The molecule has 2 aromatic heterocycles. The van der Waals surface area contributed by atoms with E-state index in [4.69, 9.17) is 4.98 Å². The van der Waals surface area contributed by atoms with E-state index in [1.165, 1.54) is 24.0 Å². The standard InChI is InChI=1S/C26H31N5O2/c1-17-5-7-18(8-6-17)15-29-12-3-2-4-23(29)22-14-24-27-21-11-13-30(25(32)19-9-10-19)16-20(21)26(33)31(24)28-22/h5-8,14,19,23,28H,2-4,9-13,15-16H2,1H3/t23-/m1/s1. The van der Waals surface area contributed by atoms with Crippen molar-refractivity contribution in [1.82, 2.24) is 24.4 Å². The third-order valence-electron chi connectivity index (χ3n) is 7.50. The highest BCUT2D eigenvalue weighted by molar-refractivity contribution is 5.81. The number of aryl methyl sites for hydroxylation is 1. The Morgan fingerprint density at radius 3 is 2.73 bits per heavy atom. The Hall–Kier alpha value is -2.93. The molecule has 172 valence electrons. The summed E-state index contributed by atoms with van der Waals surface area (Å²) in [5.41, 5.74) is 5.80. The van der Waals surface area contributed by atoms with Crippen LogP contribution in [-0.2, 0) is 24.3 Å². The lowest BCUT2D eigenvalue weighted by molar-refractivity contribution is -0.133. The highest BCUT2D eigenvalue weighted by atomic mass is 16.2. The van der Waals surface area contributed by atoms with E-state index in [0.717, 1.165) is 43.7 Å². The summed E-state index contributed by atoms with van der Waals surface area (Å²) < 4.78 is 1.60. The second-order valence-corrected chi connectivity index (χ2v) is 10.00. The van der Waals surface area contributed by atoms with Crippen LogP contribution in [0, 0.1) is 12.8 Å². The summed E-state index contributed by atoms with van der Waals surface area (Å²) in [7, 11) is 0. The van der Waals surface area contributed by atoms with Gasteiger partial charge in [-0.25, -0.2) is 9.50 Å². The lowest BCUT2D eigenvalue weighted by Gasteiger charge is -2.35. The molecule has 1 atom stereocenters. The molecule has 3 aromatic rings. The molecule has 0 radical (unpaired) electrons. The number of rotatable bonds is 4. The first kappa shape index (κ1) is 20.7. The molecule has 1 N–H and O–H groups in total. The number of benzene rings is 1. The van der Waals surface area contributed by atoms with E-state index in [9.17, 15) is 9.59 Å². The molecule has 33 heavy (non-hydrogen) atoms. The largest absolute Gasteiger partial charge is 0.337 e. The van der Waals surface area contributed by atoms with Crippen molar-refractivity contribution in [3.05, 3.63) is 68.8 Å². The Morgan fingerprint density at radius 1 is 1.12 bits per heavy atom. The Kier molecular flexibility index (Phi) is 5.09. The van der Waals surface area contributed by atoms with Gasteiger partial charge in [-0.2, -0.15) is 0 Å². The van der Waals surface area contributed by atoms with Crippen molar-refractivity contribution < 1.29 is 4.79 Å². The van der Waals surface area contributed by atoms with Crippen LogP contribution in [0.3, 0.4) is 0 Å². The molecule has 4 heterocycles. The smallest absolute Gasteiger partial charge is 0.277 e. The normalized spacial score (nSPS) is 21.4. The van der Waals surface area contributed by atoms with Crippen LogP contribution in [0.4, 0.5) is 0 Å². The van der Waals surface area contributed by atoms with Gasteiger partial charge < -0.3 is 4.90 Å². The number of nitrogens with one attached hydrogen (secondary N) is 1. The van der Waals surface area contributed by atoms with Crippen LogP contribution < -0.4 is 5.56 Å². The number of fused-ring (bicyclic) bond motifs is 2. The van der Waals surface area contributed by atoms with Gasteiger partial charge in [0.2, 0.25) is 5.91 Å². The van der Waals surface area contributed by atoms with E-state index < -0.39 is 0 Å². The first-order chi connectivity index (χ1) is 16.1. The van der Waals surface area contributed by atoms with Crippen molar-refractivity contribution in [1.29, 1.82) is 0 Å². The minimum atomic E-state index is -0.0598. The quantitative estimate of drug-likeness (QED) is 0.668. The molecule has 2 aliphatic heterocycles. The number of hydrogen-bond donors (Lipinski definition) is 1. The second kappa shape index (κ2) is 8.13. The summed E-state index contributed by atoms with van der Waals surface area (Å²) in [6.07, 6.45) is 6.07. The maximum Gasteiger partial charge on any atom is 0.277 e. The van der Waals surface area contributed by atoms with Crippen molar-refractivity contribution in [3.63, 3.8) is 0 Å². The van der Waals surface area contributed by atoms with Crippen LogP contribution in [0.2, 0.25) is 0 Å². The molecule has 1 aromatic carbocycles. The van der Waals surface area contributed by atoms with Gasteiger partial charge in [-0.15, -0.1) is 0 Å². The molecule has 1 saturated carbocycles. The number of H-pyrrole nitrogens is 1. The van der Waals surface area contributed by atoms with Gasteiger partial charge in [-0.05, 0) is 44.7 Å². The number of aromatic amines is 1. The van der Waals surface area contributed by atoms with Gasteiger partial charge in [0, 0.05) is 31.5 Å². The molecular weight excluding hydrogens is 414 g/mol. The molecule has 1 aliphatic carbocycles. The third-order valence-corrected chi connectivity index (χ3v) is 7.50. The number of carbonyl (C=O) groups is 1. The molecule has 0 bridgehead atoms. The zero-order valence-electron chi connectivity index (χ0n) is 19.2. The van der Waals surface area contributed by atoms with Crippen LogP contribution in [0.15, 0.2) is 35.1 Å². The second-order valence-electron chi connectivity index (χ2n) is 10.00. The van der Waals surface area contributed by atoms with Gasteiger partial charge in [0.15, 0.2) is 5.65 Å². The van der Waals surface area contributed by atoms with Crippen molar-refractivity contribution in [3.8, 4) is 0 Å². The van der Waals surface area contributed by atoms with Gasteiger partial charge in [-0.1, -0.05) is 36.2 Å². The number of hydrogen-bond acceptors (Lipinski definition) is 4. The van der Waals surface area contributed by atoms with E-state index in [0.29, 0.717) is 30.7 Å². The zero-order chi connectivity index (χ0) is 22.5. The number of carbonyl (C=O) groups excluding carboxylic acids is 1. The molecule has 3 aliphatic rings. The third kappa shape index (κ3) is 3.88. The monoisotopic (exact) mass is 445 g/mol. The minimum Gasteiger partial charge on any atom is -0.337 e. The summed E-state index contributed by atoms with van der Waals surface area (Å²) >= 11 is 0. The van der Waals surface area contributed by atoms with Crippen molar-refractivity contribution in [2.24, 2.45) is 5.92 Å². The van der Waals surface area contributed by atoms with Crippen LogP contribution >= 0.6 is 0 Å². The predicted molar refractivity (Wildman–Crippen MR) is 126 cm³/mol. The summed E-state index contributed by atoms with van der Waals surface area (Å²) in [6.45, 7) is 5.11. The lowest BCUT2D eigenvalue weighted by Crippen LogP contribution is -2.41. The highest BCUT2D eigenvalue weighted by Gasteiger charge is 2.36. The topological polar surface area (TPSA) is 73.7 Å². The Bertz CT molecular complexity index is 1250. The summed E-state index contributed by atoms with van der Waals surface area (Å²) in [6, 6.07) is 11.1. The number of aromatic nitrogens is 3. The summed E-state index contributed by atoms with van der Waals surface area (Å²) in [4.78, 5) is 35.1. The van der Waals surface area contributed by atoms with Gasteiger partial charge >= 0.3 is 0 Å². The fraction of sp³-hybridized carbons (Fsp3) is 0.500. The van der Waals surface area contributed by atoms with Crippen LogP contribution in [0.25, 0.3) is 5.65 Å². The van der Waals surface area contributed by atoms with Gasteiger partial charge in [0.05, 0.1) is 29.5 Å². The Balaban J connectivity index is 1.30. The zero-order valence-corrected chi connectivity index (χ0v) is 19.2. The molecule has 0 spiro atoms. The summed E-state index contributed by atoms with van der Waals surface area (Å²) in [5, 5.41) is 3.38. The maximum atomic E-state index is 13.4. The highest BCUT2D eigenvalue weighted by Crippen LogP contribution is 2.33. The average Bonchev–Trinajstić information content (AvgIpc) is 3.60. The van der Waals surface area contributed by atoms with Gasteiger partial charge in [-0.3, -0.25) is 19.6 Å². The number of amides is 1. The number of piperidine rings is 1. The van der Waals surface area contributed by atoms with Gasteiger partial charge in [0.25, 0.3) is 5.56 Å². The van der Waals surface area contributed by atoms with Crippen molar-refractivity contribution in [2.75, 3.05) is 13.1 Å². The molecular formula is C26H31N5O2.